The van der Waals surface area contributed by atoms with Crippen LogP contribution in [-0.4, -0.2) is 26.8 Å². The summed E-state index contributed by atoms with van der Waals surface area (Å²) in [6.45, 7) is 8.07. The first kappa shape index (κ1) is 18.2. The second-order valence-corrected chi connectivity index (χ2v) is 8.15. The topological polar surface area (TPSA) is 46.2 Å². The van der Waals surface area contributed by atoms with E-state index in [0.717, 1.165) is 29.5 Å². The van der Waals surface area contributed by atoms with E-state index in [-0.39, 0.29) is 17.0 Å². The fraction of sp³-hybridized carbons (Fsp3) is 0.647. The third-order valence-corrected chi connectivity index (χ3v) is 6.25. The van der Waals surface area contributed by atoms with Crippen LogP contribution in [-0.2, 0) is 15.6 Å². The second kappa shape index (κ2) is 7.95. The zero-order chi connectivity index (χ0) is 16.0. The number of hydrogen-bond donors (Lipinski definition) is 1. The number of nitrogens with one attached hydrogen (secondary N) is 1. The van der Waals surface area contributed by atoms with Gasteiger partial charge in [0.25, 0.3) is 0 Å². The Morgan fingerprint density at radius 3 is 2.10 bits per heavy atom. The van der Waals surface area contributed by atoms with Crippen LogP contribution in [0.3, 0.4) is 0 Å². The number of aryl methyl sites for hydroxylation is 2. The third kappa shape index (κ3) is 5.11. The van der Waals surface area contributed by atoms with E-state index in [0.29, 0.717) is 6.42 Å². The molecule has 3 nitrogen and oxygen atoms in total. The molecule has 0 spiro atoms. The fourth-order valence-corrected chi connectivity index (χ4v) is 5.23. The smallest absolute Gasteiger partial charge is 0.158 e. The summed E-state index contributed by atoms with van der Waals surface area (Å²) in [5.41, 5.74) is 3.14. The molecule has 0 fully saturated rings. The molecule has 0 heterocycles. The lowest BCUT2D eigenvalue weighted by Crippen LogP contribution is -2.42. The molecule has 0 aliphatic heterocycles. The number of sulfone groups is 1. The van der Waals surface area contributed by atoms with Gasteiger partial charge >= 0.3 is 0 Å². The maximum absolute atomic E-state index is 12.8. The van der Waals surface area contributed by atoms with Crippen LogP contribution in [0.25, 0.3) is 0 Å². The van der Waals surface area contributed by atoms with Crippen molar-refractivity contribution < 1.29 is 8.42 Å². The lowest BCUT2D eigenvalue weighted by Gasteiger charge is -2.25. The molecule has 0 amide bonds. The third-order valence-electron chi connectivity index (χ3n) is 3.93. The minimum Gasteiger partial charge on any atom is -0.316 e. The molecule has 1 N–H and O–H groups in total. The van der Waals surface area contributed by atoms with Crippen molar-refractivity contribution in [2.24, 2.45) is 0 Å². The van der Waals surface area contributed by atoms with E-state index in [9.17, 15) is 8.42 Å². The highest BCUT2D eigenvalue weighted by Gasteiger charge is 2.30. The van der Waals surface area contributed by atoms with Crippen molar-refractivity contribution >= 4 is 9.84 Å². The predicted octanol–water partition coefficient (Wildman–Crippen LogP) is 3.38. The molecule has 0 aliphatic carbocycles. The largest absolute Gasteiger partial charge is 0.316 e. The summed E-state index contributed by atoms with van der Waals surface area (Å²) in [4.78, 5) is 0. The van der Waals surface area contributed by atoms with Crippen LogP contribution >= 0.6 is 0 Å². The Labute approximate surface area is 130 Å². The Balaban J connectivity index is 3.01. The Morgan fingerprint density at radius 2 is 1.67 bits per heavy atom. The molecule has 1 rings (SSSR count). The van der Waals surface area contributed by atoms with Crippen LogP contribution in [0.15, 0.2) is 18.2 Å². The molecule has 0 saturated carbocycles. The van der Waals surface area contributed by atoms with Crippen molar-refractivity contribution in [3.05, 3.63) is 34.9 Å². The summed E-state index contributed by atoms with van der Waals surface area (Å²) in [6.07, 6.45) is 2.53. The molecule has 0 bridgehead atoms. The van der Waals surface area contributed by atoms with Crippen LogP contribution in [0.4, 0.5) is 0 Å². The van der Waals surface area contributed by atoms with Gasteiger partial charge in [-0.1, -0.05) is 49.6 Å². The molecule has 21 heavy (non-hydrogen) atoms. The molecule has 1 aromatic carbocycles. The Kier molecular flexibility index (Phi) is 6.88. The summed E-state index contributed by atoms with van der Waals surface area (Å²) in [5, 5.41) is 2.87. The van der Waals surface area contributed by atoms with Gasteiger partial charge in [-0.25, -0.2) is 8.42 Å². The Hall–Kier alpha value is -0.870. The predicted molar refractivity (Wildman–Crippen MR) is 90.4 cm³/mol. The first-order valence-electron chi connectivity index (χ1n) is 7.80. The standard InChI is InChI=1S/C17H29NO2S/c1-6-8-16(18-5)17(7-2)21(19,20)12-15-10-13(3)9-14(4)11-15/h9-11,16-18H,6-8,12H2,1-5H3. The number of benzene rings is 1. The van der Waals surface area contributed by atoms with Gasteiger partial charge in [0.1, 0.15) is 0 Å². The number of rotatable bonds is 8. The van der Waals surface area contributed by atoms with Crippen LogP contribution in [0, 0.1) is 13.8 Å². The molecule has 1 aromatic rings. The number of hydrogen-bond acceptors (Lipinski definition) is 3. The molecule has 120 valence electrons. The van der Waals surface area contributed by atoms with E-state index in [1.807, 2.05) is 40.0 Å². The molecule has 2 unspecified atom stereocenters. The van der Waals surface area contributed by atoms with Crippen LogP contribution < -0.4 is 5.32 Å². The zero-order valence-electron chi connectivity index (χ0n) is 13.9. The monoisotopic (exact) mass is 311 g/mol. The summed E-state index contributed by atoms with van der Waals surface area (Å²) in [5.74, 6) is 0.135. The quantitative estimate of drug-likeness (QED) is 0.800. The van der Waals surface area contributed by atoms with Gasteiger partial charge in [0, 0.05) is 6.04 Å². The molecule has 0 aromatic heterocycles. The molecule has 0 saturated heterocycles. The highest BCUT2D eigenvalue weighted by atomic mass is 32.2. The summed E-state index contributed by atoms with van der Waals surface area (Å²) in [6, 6.07) is 6.06. The van der Waals surface area contributed by atoms with Crippen molar-refractivity contribution in [3.63, 3.8) is 0 Å². The zero-order valence-corrected chi connectivity index (χ0v) is 14.8. The van der Waals surface area contributed by atoms with Gasteiger partial charge in [0.2, 0.25) is 0 Å². The van der Waals surface area contributed by atoms with E-state index < -0.39 is 9.84 Å². The SMILES string of the molecule is CCCC(NC)C(CC)S(=O)(=O)Cc1cc(C)cc(C)c1. The van der Waals surface area contributed by atoms with Gasteiger partial charge in [-0.3, -0.25) is 0 Å². The first-order chi connectivity index (χ1) is 9.83. The van der Waals surface area contributed by atoms with Gasteiger partial charge < -0.3 is 5.32 Å². The second-order valence-electron chi connectivity index (χ2n) is 5.93. The van der Waals surface area contributed by atoms with Crippen LogP contribution in [0.2, 0.25) is 0 Å². The van der Waals surface area contributed by atoms with Crippen molar-refractivity contribution in [3.8, 4) is 0 Å². The molecule has 4 heteroatoms. The normalized spacial score (nSPS) is 14.9. The van der Waals surface area contributed by atoms with Crippen molar-refractivity contribution in [2.75, 3.05) is 7.05 Å². The van der Waals surface area contributed by atoms with Gasteiger partial charge in [-0.15, -0.1) is 0 Å². The van der Waals surface area contributed by atoms with Gasteiger partial charge in [0.05, 0.1) is 11.0 Å². The van der Waals surface area contributed by atoms with E-state index in [2.05, 4.69) is 18.3 Å². The molecule has 0 radical (unpaired) electrons. The summed E-state index contributed by atoms with van der Waals surface area (Å²) in [7, 11) is -1.30. The lowest BCUT2D eigenvalue weighted by molar-refractivity contribution is 0.464. The highest BCUT2D eigenvalue weighted by molar-refractivity contribution is 7.91. The van der Waals surface area contributed by atoms with Crippen molar-refractivity contribution in [1.82, 2.24) is 5.32 Å². The summed E-state index contributed by atoms with van der Waals surface area (Å²) >= 11 is 0. The van der Waals surface area contributed by atoms with Gasteiger partial charge in [-0.05, 0) is 39.3 Å². The minimum absolute atomic E-state index is 0.0379. The highest BCUT2D eigenvalue weighted by Crippen LogP contribution is 2.21. The average molecular weight is 311 g/mol. The Morgan fingerprint density at radius 1 is 1.10 bits per heavy atom. The van der Waals surface area contributed by atoms with Crippen molar-refractivity contribution in [2.45, 2.75) is 64.0 Å². The van der Waals surface area contributed by atoms with Crippen molar-refractivity contribution in [1.29, 1.82) is 0 Å². The average Bonchev–Trinajstić information content (AvgIpc) is 2.36. The maximum atomic E-state index is 12.8. The van der Waals surface area contributed by atoms with E-state index in [1.54, 1.807) is 0 Å². The summed E-state index contributed by atoms with van der Waals surface area (Å²) < 4.78 is 25.6. The van der Waals surface area contributed by atoms with Crippen LogP contribution in [0.5, 0.6) is 0 Å². The first-order valence-corrected chi connectivity index (χ1v) is 9.51. The van der Waals surface area contributed by atoms with Gasteiger partial charge in [0.15, 0.2) is 9.84 Å². The molecule has 0 aliphatic rings. The molecular weight excluding hydrogens is 282 g/mol. The van der Waals surface area contributed by atoms with E-state index in [4.69, 9.17) is 0 Å². The Bertz CT molecular complexity index is 532. The van der Waals surface area contributed by atoms with E-state index >= 15 is 0 Å². The fourth-order valence-electron chi connectivity index (χ4n) is 3.11. The lowest BCUT2D eigenvalue weighted by atomic mass is 10.1. The maximum Gasteiger partial charge on any atom is 0.158 e. The van der Waals surface area contributed by atoms with Crippen LogP contribution in [0.1, 0.15) is 49.8 Å². The molecular formula is C17H29NO2S. The van der Waals surface area contributed by atoms with E-state index in [1.165, 1.54) is 0 Å². The molecule has 2 atom stereocenters. The van der Waals surface area contributed by atoms with Gasteiger partial charge in [-0.2, -0.15) is 0 Å². The minimum atomic E-state index is -3.16.